The fraction of sp³-hybridized carbons (Fsp3) is 0.417. The van der Waals surface area contributed by atoms with Gasteiger partial charge in [0.25, 0.3) is 11.5 Å². The van der Waals surface area contributed by atoms with E-state index in [0.717, 1.165) is 28.6 Å². The smallest absolute Gasteiger partial charge is 0.340 e. The molecule has 0 atom stereocenters. The fourth-order valence-electron chi connectivity index (χ4n) is 3.48. The number of aromatic amines is 1. The van der Waals surface area contributed by atoms with Crippen LogP contribution in [0, 0.1) is 0 Å². The van der Waals surface area contributed by atoms with Crippen molar-refractivity contribution in [3.05, 3.63) is 42.6 Å². The lowest BCUT2D eigenvalue weighted by Crippen LogP contribution is -2.54. The van der Waals surface area contributed by atoms with Crippen LogP contribution in [0.4, 0.5) is 9.59 Å². The van der Waals surface area contributed by atoms with E-state index in [2.05, 4.69) is 25.3 Å². The Morgan fingerprint density at radius 3 is 2.14 bits per heavy atom. The molecule has 2 N–H and O–H groups in total. The van der Waals surface area contributed by atoms with E-state index in [4.69, 9.17) is 0 Å². The van der Waals surface area contributed by atoms with Gasteiger partial charge in [0.15, 0.2) is 5.82 Å². The maximum atomic E-state index is 12.3. The lowest BCUT2D eigenvalue weighted by Gasteiger charge is -2.24. The first-order chi connectivity index (χ1) is 17.0. The predicted molar refractivity (Wildman–Crippen MR) is 139 cm³/mol. The van der Waals surface area contributed by atoms with Gasteiger partial charge < -0.3 is 10.3 Å². The van der Waals surface area contributed by atoms with Crippen molar-refractivity contribution < 1.29 is 14.4 Å². The Morgan fingerprint density at radius 1 is 1.03 bits per heavy atom. The normalized spacial score (nSPS) is 14.5. The highest BCUT2D eigenvalue weighted by molar-refractivity contribution is 6.33. The third-order valence-corrected chi connectivity index (χ3v) is 5.30. The highest BCUT2D eigenvalue weighted by Crippen LogP contribution is 2.20. The summed E-state index contributed by atoms with van der Waals surface area (Å²) in [6.45, 7) is 9.17. The van der Waals surface area contributed by atoms with E-state index in [9.17, 15) is 24.0 Å². The largest absolute Gasteiger partial charge is 0.359 e. The zero-order valence-corrected chi connectivity index (χ0v) is 21.6. The van der Waals surface area contributed by atoms with Crippen LogP contribution in [-0.2, 0) is 11.8 Å². The first kappa shape index (κ1) is 28.0. The van der Waals surface area contributed by atoms with Gasteiger partial charge in [0.05, 0.1) is 16.5 Å². The van der Waals surface area contributed by atoms with Gasteiger partial charge in [-0.05, 0) is 40.5 Å². The summed E-state index contributed by atoms with van der Waals surface area (Å²) in [6.07, 6.45) is 5.38. The maximum absolute atomic E-state index is 12.3. The number of rotatable bonds is 3. The molecule has 3 heterocycles. The van der Waals surface area contributed by atoms with Crippen molar-refractivity contribution in [3.63, 3.8) is 0 Å². The number of allylic oxidation sites excluding steroid dienone is 1. The van der Waals surface area contributed by atoms with E-state index in [0.29, 0.717) is 39.0 Å². The maximum Gasteiger partial charge on any atom is 0.359 e. The van der Waals surface area contributed by atoms with E-state index in [1.54, 1.807) is 13.8 Å². The summed E-state index contributed by atoms with van der Waals surface area (Å²) in [4.78, 5) is 74.2. The molecule has 2 aliphatic heterocycles. The van der Waals surface area contributed by atoms with Gasteiger partial charge in [0.1, 0.15) is 5.35 Å². The third-order valence-electron chi connectivity index (χ3n) is 5.30. The van der Waals surface area contributed by atoms with Crippen LogP contribution in [0.1, 0.15) is 53.9 Å². The highest BCUT2D eigenvalue weighted by Gasteiger charge is 2.37. The van der Waals surface area contributed by atoms with Crippen LogP contribution in [0.5, 0.6) is 0 Å². The van der Waals surface area contributed by atoms with E-state index in [1.165, 1.54) is 26.5 Å². The predicted octanol–water partition coefficient (Wildman–Crippen LogP) is 0.741. The number of imide groups is 3. The number of urea groups is 2. The molecule has 0 bridgehead atoms. The number of H-pyrrole nitrogens is 1. The second kappa shape index (κ2) is 12.0. The number of carbonyl (C=O) groups excluding carboxylic acids is 3. The molecule has 0 radical (unpaired) electrons. The molecule has 0 fully saturated rings. The quantitative estimate of drug-likeness (QED) is 0.589. The molecule has 0 aromatic carbocycles. The highest BCUT2D eigenvalue weighted by atomic mass is 16.2. The summed E-state index contributed by atoms with van der Waals surface area (Å²) in [5, 5.41) is 3.09. The monoisotopic (exact) mass is 497 g/mol. The van der Waals surface area contributed by atoms with E-state index in [-0.39, 0.29) is 5.56 Å². The van der Waals surface area contributed by atoms with Crippen molar-refractivity contribution in [2.75, 3.05) is 7.05 Å². The number of nitrogens with one attached hydrogen (secondary N) is 2. The Kier molecular flexibility index (Phi) is 9.31. The van der Waals surface area contributed by atoms with Crippen LogP contribution < -0.4 is 27.1 Å². The van der Waals surface area contributed by atoms with Crippen LogP contribution in [0.15, 0.2) is 35.7 Å². The van der Waals surface area contributed by atoms with Crippen molar-refractivity contribution in [1.82, 2.24) is 19.8 Å². The molecule has 12 nitrogen and oxygen atoms in total. The van der Waals surface area contributed by atoms with Crippen LogP contribution in [0.2, 0.25) is 0 Å². The van der Waals surface area contributed by atoms with Gasteiger partial charge in [-0.3, -0.25) is 14.2 Å². The zero-order chi connectivity index (χ0) is 27.2. The number of aromatic nitrogens is 2. The van der Waals surface area contributed by atoms with Crippen molar-refractivity contribution in [2.24, 2.45) is 22.0 Å². The average molecular weight is 498 g/mol. The molecule has 1 aromatic rings. The van der Waals surface area contributed by atoms with Crippen molar-refractivity contribution >= 4 is 47.5 Å². The number of amides is 5. The Labute approximate surface area is 207 Å². The first-order valence-corrected chi connectivity index (χ1v) is 11.4. The summed E-state index contributed by atoms with van der Waals surface area (Å²) in [6, 6.07) is -1.58. The van der Waals surface area contributed by atoms with Gasteiger partial charge in [-0.15, -0.1) is 0 Å². The summed E-state index contributed by atoms with van der Waals surface area (Å²) in [5.74, 6) is -0.235. The van der Waals surface area contributed by atoms with Crippen molar-refractivity contribution in [3.8, 4) is 0 Å². The molecule has 12 heteroatoms. The Morgan fingerprint density at radius 2 is 1.64 bits per heavy atom. The zero-order valence-electron chi connectivity index (χ0n) is 21.6. The van der Waals surface area contributed by atoms with Gasteiger partial charge in [-0.1, -0.05) is 24.5 Å². The molecule has 3 rings (SSSR count). The minimum absolute atomic E-state index is 0.339. The third kappa shape index (κ3) is 5.88. The molecule has 0 aliphatic carbocycles. The number of hydrogen-bond acceptors (Lipinski definition) is 7. The molecule has 0 unspecified atom stereocenters. The van der Waals surface area contributed by atoms with Crippen LogP contribution in [-0.4, -0.2) is 57.6 Å². The number of unbranched alkanes of at least 4 members (excludes halogenated alkanes) is 1. The molecular weight excluding hydrogens is 466 g/mol. The average Bonchev–Trinajstić information content (AvgIpc) is 3.35. The number of aliphatic imine (C=N–C) groups is 3. The van der Waals surface area contributed by atoms with Crippen LogP contribution >= 0.6 is 0 Å². The van der Waals surface area contributed by atoms with Crippen molar-refractivity contribution in [2.45, 2.75) is 53.9 Å². The summed E-state index contributed by atoms with van der Waals surface area (Å²) in [7, 11) is 2.80. The first-order valence-electron chi connectivity index (χ1n) is 11.4. The van der Waals surface area contributed by atoms with Gasteiger partial charge in [0.2, 0.25) is 0 Å². The molecule has 192 valence electrons. The second-order valence-electron chi connectivity index (χ2n) is 8.44. The minimum atomic E-state index is -0.819. The van der Waals surface area contributed by atoms with Gasteiger partial charge in [-0.25, -0.2) is 24.4 Å². The SMILES string of the molecule is CC(C)=c1c(=C2N=CC=N2)[nH]c(=O)n(C)c1=O.CCCCC1=NC(=O)N(C(=O)NC)C(=O)C1=C(C)C. The summed E-state index contributed by atoms with van der Waals surface area (Å²) >= 11 is 0. The lowest BCUT2D eigenvalue weighted by molar-refractivity contribution is -0.121. The standard InChI is InChI=1S/C13H19N3O3.C11H12N4O2/c1-5-6-7-9-10(8(2)3)11(17)16(12(18)14-4)13(19)15-9;1-6(2)7-8(9-12-4-5-13-9)14-11(17)15(3)10(7)16/h5-7H2,1-4H3,(H,14,18);4-5H,1-3H3,(H,14,17). The van der Waals surface area contributed by atoms with E-state index < -0.39 is 23.7 Å². The van der Waals surface area contributed by atoms with Gasteiger partial charge >= 0.3 is 17.8 Å². The molecule has 5 amide bonds. The molecular formula is C24H31N7O5. The minimum Gasteiger partial charge on any atom is -0.340 e. The Bertz CT molecular complexity index is 1430. The van der Waals surface area contributed by atoms with E-state index >= 15 is 0 Å². The summed E-state index contributed by atoms with van der Waals surface area (Å²) in [5.41, 5.74) is 1.60. The number of hydrogen-bond donors (Lipinski definition) is 2. The Balaban J connectivity index is 0.000000255. The summed E-state index contributed by atoms with van der Waals surface area (Å²) < 4.78 is 1.04. The molecule has 36 heavy (non-hydrogen) atoms. The second-order valence-corrected chi connectivity index (χ2v) is 8.44. The molecule has 2 aliphatic rings. The fourth-order valence-corrected chi connectivity index (χ4v) is 3.48. The topological polar surface area (TPSA) is 158 Å². The lowest BCUT2D eigenvalue weighted by atomic mass is 9.98. The number of nitrogens with zero attached hydrogens (tertiary/aromatic N) is 5. The molecule has 1 aromatic heterocycles. The van der Waals surface area contributed by atoms with Crippen LogP contribution in [0.3, 0.4) is 0 Å². The van der Waals surface area contributed by atoms with E-state index in [1.807, 2.05) is 20.8 Å². The molecule has 0 spiro atoms. The van der Waals surface area contributed by atoms with Gasteiger partial charge in [0, 0.05) is 26.5 Å². The number of carbonyl (C=O) groups is 3. The molecule has 0 saturated heterocycles. The van der Waals surface area contributed by atoms with Gasteiger partial charge in [-0.2, -0.15) is 9.89 Å². The van der Waals surface area contributed by atoms with Crippen molar-refractivity contribution in [1.29, 1.82) is 0 Å². The van der Waals surface area contributed by atoms with Crippen LogP contribution in [0.25, 0.3) is 11.4 Å². The molecule has 0 saturated carbocycles. The Hall–Kier alpha value is -4.22.